The van der Waals surface area contributed by atoms with Crippen LogP contribution in [0.5, 0.6) is 0 Å². The Hall–Kier alpha value is -1.83. The molecule has 4 rings (SSSR count). The summed E-state index contributed by atoms with van der Waals surface area (Å²) in [6.07, 6.45) is 1.63. The quantitative estimate of drug-likeness (QED) is 0.629. The molecule has 2 fully saturated rings. The zero-order valence-corrected chi connectivity index (χ0v) is 19.2. The minimum Gasteiger partial charge on any atom is -0.337 e. The maximum atomic E-state index is 12.9. The first-order valence-corrected chi connectivity index (χ1v) is 14.3. The highest BCUT2D eigenvalue weighted by Crippen LogP contribution is 2.24. The Balaban J connectivity index is 1.37. The summed E-state index contributed by atoms with van der Waals surface area (Å²) in [5.74, 6) is -0.646. The van der Waals surface area contributed by atoms with Crippen molar-refractivity contribution in [3.05, 3.63) is 17.5 Å². The first kappa shape index (κ1) is 22.4. The average Bonchev–Trinajstić information content (AvgIpc) is 3.38. The highest BCUT2D eigenvalue weighted by molar-refractivity contribution is 7.91. The maximum Gasteiger partial charge on any atom is 0.270 e. The lowest BCUT2D eigenvalue weighted by Crippen LogP contribution is -2.50. The monoisotopic (exact) mass is 488 g/mol. The first-order chi connectivity index (χ1) is 14.6. The van der Waals surface area contributed by atoms with E-state index in [9.17, 15) is 26.4 Å². The molecule has 1 atom stereocenters. The molecular formula is C18H24N4O6S3. The van der Waals surface area contributed by atoms with Crippen LogP contribution in [0.4, 0.5) is 0 Å². The maximum absolute atomic E-state index is 12.9. The molecule has 10 nitrogen and oxygen atoms in total. The molecule has 0 spiro atoms. The van der Waals surface area contributed by atoms with Gasteiger partial charge in [0, 0.05) is 32.0 Å². The van der Waals surface area contributed by atoms with Crippen molar-refractivity contribution in [2.75, 3.05) is 24.6 Å². The number of rotatable bonds is 5. The largest absolute Gasteiger partial charge is 0.337 e. The summed E-state index contributed by atoms with van der Waals surface area (Å²) in [6.45, 7) is 0.752. The molecule has 4 heterocycles. The molecule has 2 saturated heterocycles. The van der Waals surface area contributed by atoms with E-state index in [1.807, 2.05) is 0 Å². The zero-order valence-electron chi connectivity index (χ0n) is 16.8. The molecule has 2 amide bonds. The summed E-state index contributed by atoms with van der Waals surface area (Å²) < 4.78 is 51.2. The van der Waals surface area contributed by atoms with Crippen molar-refractivity contribution in [3.63, 3.8) is 0 Å². The third-order valence-electron chi connectivity index (χ3n) is 5.72. The van der Waals surface area contributed by atoms with E-state index in [-0.39, 0.29) is 52.1 Å². The number of thiophene rings is 1. The number of carbonyl (C=O) groups excluding carboxylic acids is 2. The van der Waals surface area contributed by atoms with Crippen LogP contribution in [0.15, 0.2) is 26.8 Å². The summed E-state index contributed by atoms with van der Waals surface area (Å²) in [5, 5.41) is 7.12. The van der Waals surface area contributed by atoms with E-state index < -0.39 is 25.9 Å². The van der Waals surface area contributed by atoms with E-state index in [2.05, 4.69) is 9.82 Å². The third-order valence-corrected chi connectivity index (χ3v) is 10.4. The van der Waals surface area contributed by atoms with Gasteiger partial charge >= 0.3 is 0 Å². The zero-order chi connectivity index (χ0) is 22.2. The molecule has 170 valence electrons. The van der Waals surface area contributed by atoms with Crippen molar-refractivity contribution in [1.29, 1.82) is 0 Å². The van der Waals surface area contributed by atoms with E-state index in [0.29, 0.717) is 32.4 Å². The molecular weight excluding hydrogens is 464 g/mol. The Morgan fingerprint density at radius 1 is 1.19 bits per heavy atom. The predicted octanol–water partition coefficient (Wildman–Crippen LogP) is 0.183. The van der Waals surface area contributed by atoms with Crippen LogP contribution in [0.1, 0.15) is 32.1 Å². The van der Waals surface area contributed by atoms with E-state index in [4.69, 9.17) is 0 Å². The van der Waals surface area contributed by atoms with E-state index in [1.165, 1.54) is 5.01 Å². The second-order valence-electron chi connectivity index (χ2n) is 7.96. The number of carbonyl (C=O) groups is 2. The van der Waals surface area contributed by atoms with Crippen molar-refractivity contribution in [1.82, 2.24) is 14.6 Å². The number of hydrogen-bond acceptors (Lipinski definition) is 8. The number of sulfone groups is 1. The molecule has 3 aliphatic heterocycles. The molecule has 1 N–H and O–H groups in total. The van der Waals surface area contributed by atoms with Gasteiger partial charge in [0.2, 0.25) is 15.9 Å². The molecule has 1 aromatic rings. The number of sulfonamides is 1. The van der Waals surface area contributed by atoms with Gasteiger partial charge in [-0.15, -0.1) is 11.3 Å². The van der Waals surface area contributed by atoms with Crippen LogP contribution >= 0.6 is 11.3 Å². The van der Waals surface area contributed by atoms with Crippen LogP contribution in [-0.2, 0) is 29.4 Å². The third kappa shape index (κ3) is 4.99. The van der Waals surface area contributed by atoms with Gasteiger partial charge in [-0.05, 0) is 30.7 Å². The smallest absolute Gasteiger partial charge is 0.270 e. The number of hydrogen-bond donors (Lipinski definition) is 1. The fraction of sp³-hybridized carbons (Fsp3) is 0.611. The van der Waals surface area contributed by atoms with Gasteiger partial charge in [-0.25, -0.2) is 26.6 Å². The van der Waals surface area contributed by atoms with Crippen molar-refractivity contribution < 1.29 is 26.4 Å². The molecule has 0 aromatic carbocycles. The van der Waals surface area contributed by atoms with Crippen molar-refractivity contribution in [3.8, 4) is 0 Å². The van der Waals surface area contributed by atoms with E-state index in [1.54, 1.807) is 22.4 Å². The lowest BCUT2D eigenvalue weighted by molar-refractivity contribution is -0.134. The molecule has 13 heteroatoms. The molecule has 31 heavy (non-hydrogen) atoms. The average molecular weight is 489 g/mol. The normalized spacial score (nSPS) is 25.0. The highest BCUT2D eigenvalue weighted by atomic mass is 32.2. The SMILES string of the molecule is O=C(C1=NN([C@@H]2CCS(=O)(=O)C2)C(=O)CC1)N1CCC(NS(=O)(=O)c2cccs2)CC1. The number of nitrogens with zero attached hydrogens (tertiary/aromatic N) is 3. The van der Waals surface area contributed by atoms with E-state index in [0.717, 1.165) is 11.3 Å². The number of amides is 2. The standard InChI is InChI=1S/C18H24N4O6S3/c23-16-4-3-15(19-22(16)14-7-11-30(25,26)12-14)18(24)21-8-5-13(6-9-21)20-31(27,28)17-2-1-10-29-17/h1-2,10,13-14,20H,3-9,11-12H2/t14-/m1/s1. The minimum absolute atomic E-state index is 0.0230. The second-order valence-corrected chi connectivity index (χ2v) is 13.1. The summed E-state index contributed by atoms with van der Waals surface area (Å²) in [5.41, 5.74) is 0.251. The Kier molecular flexibility index (Phi) is 6.21. The molecule has 0 bridgehead atoms. The Labute approximate surface area is 185 Å². The molecule has 0 unspecified atom stereocenters. The topological polar surface area (TPSA) is 133 Å². The number of likely N-dealkylation sites (tertiary alicyclic amines) is 1. The molecule has 0 saturated carbocycles. The van der Waals surface area contributed by atoms with Gasteiger partial charge in [0.15, 0.2) is 9.84 Å². The number of piperidine rings is 1. The lowest BCUT2D eigenvalue weighted by atomic mass is 10.0. The highest BCUT2D eigenvalue weighted by Gasteiger charge is 2.38. The summed E-state index contributed by atoms with van der Waals surface area (Å²) in [6, 6.07) is 2.46. The van der Waals surface area contributed by atoms with Gasteiger partial charge in [0.1, 0.15) is 9.92 Å². The van der Waals surface area contributed by atoms with Crippen LogP contribution in [0.25, 0.3) is 0 Å². The fourth-order valence-electron chi connectivity index (χ4n) is 4.06. The Bertz CT molecular complexity index is 1090. The van der Waals surface area contributed by atoms with Gasteiger partial charge in [0.05, 0.1) is 17.5 Å². The minimum atomic E-state index is -3.56. The summed E-state index contributed by atoms with van der Waals surface area (Å²) in [4.78, 5) is 26.8. The summed E-state index contributed by atoms with van der Waals surface area (Å²) >= 11 is 1.15. The number of nitrogens with one attached hydrogen (secondary N) is 1. The fourth-order valence-corrected chi connectivity index (χ4v) is 8.06. The van der Waals surface area contributed by atoms with Crippen LogP contribution in [-0.4, -0.2) is 80.9 Å². The van der Waals surface area contributed by atoms with Crippen molar-refractivity contribution in [2.24, 2.45) is 5.10 Å². The molecule has 1 aromatic heterocycles. The Morgan fingerprint density at radius 3 is 2.55 bits per heavy atom. The molecule has 3 aliphatic rings. The van der Waals surface area contributed by atoms with Crippen LogP contribution in [0.2, 0.25) is 0 Å². The van der Waals surface area contributed by atoms with Gasteiger partial charge in [-0.1, -0.05) is 6.07 Å². The van der Waals surface area contributed by atoms with Gasteiger partial charge in [0.25, 0.3) is 5.91 Å². The van der Waals surface area contributed by atoms with Crippen molar-refractivity contribution in [2.45, 2.75) is 48.4 Å². The molecule has 0 radical (unpaired) electrons. The van der Waals surface area contributed by atoms with E-state index >= 15 is 0 Å². The molecule has 0 aliphatic carbocycles. The van der Waals surface area contributed by atoms with Gasteiger partial charge in [-0.3, -0.25) is 9.59 Å². The Morgan fingerprint density at radius 2 is 1.94 bits per heavy atom. The predicted molar refractivity (Wildman–Crippen MR) is 115 cm³/mol. The lowest BCUT2D eigenvalue weighted by Gasteiger charge is -2.34. The van der Waals surface area contributed by atoms with Gasteiger partial charge < -0.3 is 4.90 Å². The van der Waals surface area contributed by atoms with Crippen molar-refractivity contribution >= 4 is 48.7 Å². The van der Waals surface area contributed by atoms with Crippen LogP contribution < -0.4 is 4.72 Å². The van der Waals surface area contributed by atoms with Gasteiger partial charge in [-0.2, -0.15) is 5.10 Å². The summed E-state index contributed by atoms with van der Waals surface area (Å²) in [7, 11) is -6.74. The van der Waals surface area contributed by atoms with Crippen LogP contribution in [0, 0.1) is 0 Å². The first-order valence-electron chi connectivity index (χ1n) is 10.1. The number of hydrazone groups is 1. The second kappa shape index (κ2) is 8.60. The van der Waals surface area contributed by atoms with Crippen LogP contribution in [0.3, 0.4) is 0 Å².